The Balaban J connectivity index is 2.08. The molecule has 1 fully saturated rings. The molecule has 0 bridgehead atoms. The maximum Gasteiger partial charge on any atom is 0.416 e. The second-order valence-corrected chi connectivity index (χ2v) is 4.95. The van der Waals surface area contributed by atoms with Gasteiger partial charge in [0.15, 0.2) is 0 Å². The molecular formula is C14H15F3N2O2. The van der Waals surface area contributed by atoms with E-state index >= 15 is 0 Å². The van der Waals surface area contributed by atoms with Gasteiger partial charge in [0.1, 0.15) is 0 Å². The van der Waals surface area contributed by atoms with Crippen LogP contribution in [0.2, 0.25) is 0 Å². The van der Waals surface area contributed by atoms with Crippen molar-refractivity contribution in [3.05, 3.63) is 35.4 Å². The van der Waals surface area contributed by atoms with Gasteiger partial charge in [0.2, 0.25) is 5.91 Å². The minimum Gasteiger partial charge on any atom is -0.356 e. The molecule has 7 heteroatoms. The smallest absolute Gasteiger partial charge is 0.356 e. The van der Waals surface area contributed by atoms with Crippen LogP contribution < -0.4 is 10.6 Å². The average Bonchev–Trinajstić information content (AvgIpc) is 2.62. The van der Waals surface area contributed by atoms with Crippen molar-refractivity contribution in [1.82, 2.24) is 10.6 Å². The normalized spacial score (nSPS) is 19.6. The van der Waals surface area contributed by atoms with Gasteiger partial charge in [-0.2, -0.15) is 13.2 Å². The summed E-state index contributed by atoms with van der Waals surface area (Å²) in [6.07, 6.45) is -3.01. The summed E-state index contributed by atoms with van der Waals surface area (Å²) in [6.45, 7) is 0.550. The van der Waals surface area contributed by atoms with Gasteiger partial charge in [0.05, 0.1) is 5.56 Å². The zero-order valence-electron chi connectivity index (χ0n) is 11.2. The fraction of sp³-hybridized carbons (Fsp3) is 0.429. The Hall–Kier alpha value is -2.05. The van der Waals surface area contributed by atoms with Crippen LogP contribution in [0.5, 0.6) is 0 Å². The lowest BCUT2D eigenvalue weighted by Crippen LogP contribution is -2.37. The maximum atomic E-state index is 12.6. The zero-order valence-corrected chi connectivity index (χ0v) is 11.2. The SMILES string of the molecule is O=C1CC(NC(=O)c2cccc(C(F)(F)F)c2)CCCN1. The molecule has 4 nitrogen and oxygen atoms in total. The Morgan fingerprint density at radius 1 is 1.33 bits per heavy atom. The molecule has 1 aromatic carbocycles. The molecule has 1 aliphatic rings. The minimum atomic E-state index is -4.49. The van der Waals surface area contributed by atoms with Crippen LogP contribution in [-0.2, 0) is 11.0 Å². The van der Waals surface area contributed by atoms with E-state index in [2.05, 4.69) is 10.6 Å². The van der Waals surface area contributed by atoms with E-state index in [4.69, 9.17) is 0 Å². The van der Waals surface area contributed by atoms with Crippen LogP contribution in [0.15, 0.2) is 24.3 Å². The summed E-state index contributed by atoms with van der Waals surface area (Å²) in [5.74, 6) is -0.761. The second-order valence-electron chi connectivity index (χ2n) is 4.95. The van der Waals surface area contributed by atoms with Crippen molar-refractivity contribution >= 4 is 11.8 Å². The first-order valence-corrected chi connectivity index (χ1v) is 6.61. The van der Waals surface area contributed by atoms with Crippen LogP contribution in [0.4, 0.5) is 13.2 Å². The van der Waals surface area contributed by atoms with Crippen molar-refractivity contribution in [3.8, 4) is 0 Å². The van der Waals surface area contributed by atoms with Gasteiger partial charge < -0.3 is 10.6 Å². The Labute approximate surface area is 119 Å². The number of benzene rings is 1. The Morgan fingerprint density at radius 2 is 2.10 bits per heavy atom. The topological polar surface area (TPSA) is 58.2 Å². The highest BCUT2D eigenvalue weighted by atomic mass is 19.4. The molecule has 2 rings (SSSR count). The van der Waals surface area contributed by atoms with Crippen LogP contribution in [-0.4, -0.2) is 24.4 Å². The van der Waals surface area contributed by atoms with E-state index in [-0.39, 0.29) is 23.9 Å². The summed E-state index contributed by atoms with van der Waals surface area (Å²) in [5, 5.41) is 5.29. The quantitative estimate of drug-likeness (QED) is 0.879. The number of hydrogen-bond donors (Lipinski definition) is 2. The van der Waals surface area contributed by atoms with Gasteiger partial charge in [-0.3, -0.25) is 9.59 Å². The molecule has 1 aliphatic heterocycles. The lowest BCUT2D eigenvalue weighted by molar-refractivity contribution is -0.137. The number of alkyl halides is 3. The van der Waals surface area contributed by atoms with Crippen molar-refractivity contribution in [3.63, 3.8) is 0 Å². The summed E-state index contributed by atoms with van der Waals surface area (Å²) < 4.78 is 37.8. The first-order chi connectivity index (χ1) is 9.86. The van der Waals surface area contributed by atoms with E-state index in [1.165, 1.54) is 12.1 Å². The van der Waals surface area contributed by atoms with Crippen LogP contribution >= 0.6 is 0 Å². The number of rotatable bonds is 2. The van der Waals surface area contributed by atoms with Crippen LogP contribution in [0.3, 0.4) is 0 Å². The second kappa shape index (κ2) is 6.15. The van der Waals surface area contributed by atoms with E-state index in [0.717, 1.165) is 18.6 Å². The third kappa shape index (κ3) is 4.21. The van der Waals surface area contributed by atoms with Crippen LogP contribution in [0.1, 0.15) is 35.2 Å². The molecule has 1 aromatic rings. The third-order valence-electron chi connectivity index (χ3n) is 3.27. The molecule has 0 radical (unpaired) electrons. The standard InChI is InChI=1S/C14H15F3N2O2/c15-14(16,17)10-4-1-3-9(7-10)13(21)19-11-5-2-6-18-12(20)8-11/h1,3-4,7,11H,2,5-6,8H2,(H,18,20)(H,19,21). The van der Waals surface area contributed by atoms with Crippen molar-refractivity contribution in [2.75, 3.05) is 6.54 Å². The number of nitrogens with one attached hydrogen (secondary N) is 2. The fourth-order valence-electron chi connectivity index (χ4n) is 2.20. The average molecular weight is 300 g/mol. The summed E-state index contributed by atoms with van der Waals surface area (Å²) in [5.41, 5.74) is -0.928. The molecule has 0 spiro atoms. The molecule has 2 amide bonds. The van der Waals surface area contributed by atoms with Gasteiger partial charge in [-0.05, 0) is 31.0 Å². The van der Waals surface area contributed by atoms with Crippen molar-refractivity contribution in [2.24, 2.45) is 0 Å². The molecule has 114 valence electrons. The molecule has 2 N–H and O–H groups in total. The lowest BCUT2D eigenvalue weighted by atomic mass is 10.1. The summed E-state index contributed by atoms with van der Waals surface area (Å²) in [4.78, 5) is 23.4. The molecular weight excluding hydrogens is 285 g/mol. The van der Waals surface area contributed by atoms with Gasteiger partial charge in [0, 0.05) is 24.6 Å². The van der Waals surface area contributed by atoms with Gasteiger partial charge in [0.25, 0.3) is 5.91 Å². The first-order valence-electron chi connectivity index (χ1n) is 6.61. The highest BCUT2D eigenvalue weighted by Gasteiger charge is 2.31. The molecule has 1 heterocycles. The largest absolute Gasteiger partial charge is 0.416 e. The van der Waals surface area contributed by atoms with Crippen LogP contribution in [0, 0.1) is 0 Å². The van der Waals surface area contributed by atoms with Gasteiger partial charge in [-0.15, -0.1) is 0 Å². The van der Waals surface area contributed by atoms with Crippen molar-refractivity contribution < 1.29 is 22.8 Å². The Kier molecular flexibility index (Phi) is 4.50. The maximum absolute atomic E-state index is 12.6. The van der Waals surface area contributed by atoms with Gasteiger partial charge in [-0.1, -0.05) is 6.07 Å². The lowest BCUT2D eigenvalue weighted by Gasteiger charge is -2.15. The number of amides is 2. The van der Waals surface area contributed by atoms with E-state index < -0.39 is 17.6 Å². The Morgan fingerprint density at radius 3 is 2.81 bits per heavy atom. The number of halogens is 3. The summed E-state index contributed by atoms with van der Waals surface area (Å²) >= 11 is 0. The van der Waals surface area contributed by atoms with E-state index in [0.29, 0.717) is 13.0 Å². The molecule has 1 saturated heterocycles. The van der Waals surface area contributed by atoms with E-state index in [1.807, 2.05) is 0 Å². The molecule has 1 unspecified atom stereocenters. The van der Waals surface area contributed by atoms with E-state index in [9.17, 15) is 22.8 Å². The summed E-state index contributed by atoms with van der Waals surface area (Å²) in [7, 11) is 0. The fourth-order valence-corrected chi connectivity index (χ4v) is 2.20. The number of carbonyl (C=O) groups is 2. The van der Waals surface area contributed by atoms with E-state index in [1.54, 1.807) is 0 Å². The monoisotopic (exact) mass is 300 g/mol. The highest BCUT2D eigenvalue weighted by Crippen LogP contribution is 2.29. The molecule has 0 aliphatic carbocycles. The predicted molar refractivity (Wildman–Crippen MR) is 69.6 cm³/mol. The summed E-state index contributed by atoms with van der Waals surface area (Å²) in [6, 6.07) is 3.88. The predicted octanol–water partition coefficient (Wildman–Crippen LogP) is 2.10. The first kappa shape index (κ1) is 15.3. The number of carbonyl (C=O) groups excluding carboxylic acids is 2. The number of hydrogen-bond acceptors (Lipinski definition) is 2. The molecule has 0 saturated carbocycles. The Bertz CT molecular complexity index is 543. The molecule has 1 atom stereocenters. The minimum absolute atomic E-state index is 0.0607. The van der Waals surface area contributed by atoms with Gasteiger partial charge >= 0.3 is 6.18 Å². The van der Waals surface area contributed by atoms with Crippen molar-refractivity contribution in [1.29, 1.82) is 0 Å². The highest BCUT2D eigenvalue weighted by molar-refractivity contribution is 5.95. The van der Waals surface area contributed by atoms with Gasteiger partial charge in [-0.25, -0.2) is 0 Å². The molecule has 0 aromatic heterocycles. The zero-order chi connectivity index (χ0) is 15.5. The third-order valence-corrected chi connectivity index (χ3v) is 3.27. The van der Waals surface area contributed by atoms with Crippen molar-refractivity contribution in [2.45, 2.75) is 31.5 Å². The molecule has 21 heavy (non-hydrogen) atoms. The van der Waals surface area contributed by atoms with Crippen LogP contribution in [0.25, 0.3) is 0 Å².